The van der Waals surface area contributed by atoms with Gasteiger partial charge in [0.15, 0.2) is 0 Å². The molecule has 2 aliphatic rings. The van der Waals surface area contributed by atoms with E-state index in [9.17, 15) is 13.2 Å². The zero-order chi connectivity index (χ0) is 20.1. The van der Waals surface area contributed by atoms with Crippen molar-refractivity contribution in [2.45, 2.75) is 50.5 Å². The molecule has 148 valence electrons. The normalized spacial score (nSPS) is 18.2. The van der Waals surface area contributed by atoms with Crippen LogP contribution in [0, 0.1) is 12.8 Å². The summed E-state index contributed by atoms with van der Waals surface area (Å²) in [5.41, 5.74) is 3.54. The third-order valence-electron chi connectivity index (χ3n) is 5.63. The van der Waals surface area contributed by atoms with Gasteiger partial charge in [-0.2, -0.15) is 0 Å². The van der Waals surface area contributed by atoms with Crippen LogP contribution in [0.4, 0.5) is 5.69 Å². The van der Waals surface area contributed by atoms with Crippen LogP contribution in [-0.4, -0.2) is 20.9 Å². The SMILES string of the molecule is Cc1ccc(CNS(=O)(=O)c2ccc3c(c2)C(C)(C)CN3C(=O)C2CC2)cc1. The van der Waals surface area contributed by atoms with Crippen LogP contribution in [0.2, 0.25) is 0 Å². The Morgan fingerprint density at radius 2 is 1.82 bits per heavy atom. The Hall–Kier alpha value is -2.18. The highest BCUT2D eigenvalue weighted by Gasteiger charge is 2.43. The Kier molecular flexibility index (Phi) is 4.59. The summed E-state index contributed by atoms with van der Waals surface area (Å²) in [4.78, 5) is 14.7. The number of rotatable bonds is 5. The fourth-order valence-electron chi connectivity index (χ4n) is 3.74. The van der Waals surface area contributed by atoms with E-state index in [4.69, 9.17) is 0 Å². The third-order valence-corrected chi connectivity index (χ3v) is 7.03. The maximum atomic E-state index is 12.8. The number of sulfonamides is 1. The van der Waals surface area contributed by atoms with Crippen molar-refractivity contribution in [1.29, 1.82) is 0 Å². The highest BCUT2D eigenvalue weighted by Crippen LogP contribution is 2.44. The number of nitrogens with one attached hydrogen (secondary N) is 1. The Bertz CT molecular complexity index is 1020. The molecule has 4 rings (SSSR count). The van der Waals surface area contributed by atoms with Gasteiger partial charge >= 0.3 is 0 Å². The summed E-state index contributed by atoms with van der Waals surface area (Å²) in [5.74, 6) is 0.307. The van der Waals surface area contributed by atoms with Crippen LogP contribution >= 0.6 is 0 Å². The quantitative estimate of drug-likeness (QED) is 0.838. The minimum Gasteiger partial charge on any atom is -0.311 e. The van der Waals surface area contributed by atoms with Crippen LogP contribution in [-0.2, 0) is 26.8 Å². The van der Waals surface area contributed by atoms with Crippen molar-refractivity contribution in [3.63, 3.8) is 0 Å². The lowest BCUT2D eigenvalue weighted by Crippen LogP contribution is -2.34. The second-order valence-corrected chi connectivity index (χ2v) is 10.3. The second-order valence-electron chi connectivity index (χ2n) is 8.57. The number of aryl methyl sites for hydroxylation is 1. The van der Waals surface area contributed by atoms with E-state index in [1.807, 2.05) is 36.1 Å². The molecule has 1 aliphatic heterocycles. The third kappa shape index (κ3) is 3.59. The molecule has 2 aromatic rings. The zero-order valence-corrected chi connectivity index (χ0v) is 17.3. The molecule has 0 atom stereocenters. The van der Waals surface area contributed by atoms with E-state index < -0.39 is 10.0 Å². The number of amides is 1. The van der Waals surface area contributed by atoms with Gasteiger partial charge < -0.3 is 4.90 Å². The van der Waals surface area contributed by atoms with Crippen molar-refractivity contribution in [2.75, 3.05) is 11.4 Å². The average molecular weight is 399 g/mol. The summed E-state index contributed by atoms with van der Waals surface area (Å²) in [6.45, 7) is 6.95. The fraction of sp³-hybridized carbons (Fsp3) is 0.409. The van der Waals surface area contributed by atoms with Crippen molar-refractivity contribution >= 4 is 21.6 Å². The van der Waals surface area contributed by atoms with Gasteiger partial charge in [-0.05, 0) is 49.1 Å². The monoisotopic (exact) mass is 398 g/mol. The molecule has 1 fully saturated rings. The molecule has 0 spiro atoms. The van der Waals surface area contributed by atoms with Crippen LogP contribution in [0.1, 0.15) is 43.4 Å². The van der Waals surface area contributed by atoms with Crippen LogP contribution < -0.4 is 9.62 Å². The lowest BCUT2D eigenvalue weighted by atomic mass is 9.87. The van der Waals surface area contributed by atoms with E-state index in [0.29, 0.717) is 6.54 Å². The molecule has 1 amide bonds. The number of carbonyl (C=O) groups is 1. The van der Waals surface area contributed by atoms with E-state index in [1.54, 1.807) is 18.2 Å². The molecule has 2 aromatic carbocycles. The Morgan fingerprint density at radius 1 is 1.14 bits per heavy atom. The van der Waals surface area contributed by atoms with Gasteiger partial charge in [0, 0.05) is 30.1 Å². The maximum Gasteiger partial charge on any atom is 0.240 e. The topological polar surface area (TPSA) is 66.5 Å². The molecule has 0 saturated heterocycles. The summed E-state index contributed by atoms with van der Waals surface area (Å²) in [7, 11) is -3.64. The number of benzene rings is 2. The van der Waals surface area contributed by atoms with E-state index in [2.05, 4.69) is 18.6 Å². The van der Waals surface area contributed by atoms with Crippen molar-refractivity contribution < 1.29 is 13.2 Å². The molecule has 0 radical (unpaired) electrons. The van der Waals surface area contributed by atoms with Crippen LogP contribution in [0.3, 0.4) is 0 Å². The summed E-state index contributed by atoms with van der Waals surface area (Å²) >= 11 is 0. The highest BCUT2D eigenvalue weighted by molar-refractivity contribution is 7.89. The highest BCUT2D eigenvalue weighted by atomic mass is 32.2. The minimum absolute atomic E-state index is 0.140. The van der Waals surface area contributed by atoms with Crippen molar-refractivity contribution in [2.24, 2.45) is 5.92 Å². The predicted molar refractivity (Wildman–Crippen MR) is 110 cm³/mol. The van der Waals surface area contributed by atoms with Crippen LogP contribution in [0.25, 0.3) is 0 Å². The molecule has 0 unspecified atom stereocenters. The Morgan fingerprint density at radius 3 is 2.46 bits per heavy atom. The van der Waals surface area contributed by atoms with Crippen molar-refractivity contribution in [3.05, 3.63) is 59.2 Å². The van der Waals surface area contributed by atoms with Gasteiger partial charge in [0.05, 0.1) is 4.90 Å². The lowest BCUT2D eigenvalue weighted by Gasteiger charge is -2.20. The summed E-state index contributed by atoms with van der Waals surface area (Å²) in [6, 6.07) is 12.9. The Balaban J connectivity index is 1.58. The number of fused-ring (bicyclic) bond motifs is 1. The average Bonchev–Trinajstić information content (AvgIpc) is 3.46. The predicted octanol–water partition coefficient (Wildman–Crippen LogP) is 3.51. The van der Waals surface area contributed by atoms with E-state index >= 15 is 0 Å². The van der Waals surface area contributed by atoms with E-state index in [-0.39, 0.29) is 28.7 Å². The van der Waals surface area contributed by atoms with Gasteiger partial charge in [-0.3, -0.25) is 4.79 Å². The lowest BCUT2D eigenvalue weighted by molar-refractivity contribution is -0.119. The number of carbonyl (C=O) groups excluding carboxylic acids is 1. The first kappa shape index (κ1) is 19.2. The zero-order valence-electron chi connectivity index (χ0n) is 16.5. The molecule has 0 aromatic heterocycles. The van der Waals surface area contributed by atoms with Crippen molar-refractivity contribution in [1.82, 2.24) is 4.72 Å². The van der Waals surface area contributed by atoms with Crippen LogP contribution in [0.15, 0.2) is 47.4 Å². The number of hydrogen-bond acceptors (Lipinski definition) is 3. The minimum atomic E-state index is -3.64. The first-order chi connectivity index (χ1) is 13.2. The maximum absolute atomic E-state index is 12.8. The molecule has 0 bridgehead atoms. The molecular weight excluding hydrogens is 372 g/mol. The molecule has 1 saturated carbocycles. The molecule has 1 aliphatic carbocycles. The Labute approximate surface area is 166 Å². The first-order valence-corrected chi connectivity index (χ1v) is 11.2. The number of hydrogen-bond donors (Lipinski definition) is 1. The second kappa shape index (κ2) is 6.71. The molecule has 1 N–H and O–H groups in total. The van der Waals surface area contributed by atoms with Gasteiger partial charge in [0.25, 0.3) is 0 Å². The molecule has 1 heterocycles. The summed E-state index contributed by atoms with van der Waals surface area (Å²) < 4.78 is 28.3. The fourth-order valence-corrected chi connectivity index (χ4v) is 4.78. The standard InChI is InChI=1S/C22H26N2O3S/c1-15-4-6-16(7-5-15)13-23-28(26,27)18-10-11-20-19(12-18)22(2,3)14-24(20)21(25)17-8-9-17/h4-7,10-12,17,23H,8-9,13-14H2,1-3H3. The van der Waals surface area contributed by atoms with E-state index in [0.717, 1.165) is 35.2 Å². The van der Waals surface area contributed by atoms with E-state index in [1.165, 1.54) is 0 Å². The number of nitrogens with zero attached hydrogens (tertiary/aromatic N) is 1. The number of anilines is 1. The largest absolute Gasteiger partial charge is 0.311 e. The molecule has 28 heavy (non-hydrogen) atoms. The van der Waals surface area contributed by atoms with Gasteiger partial charge in [-0.25, -0.2) is 13.1 Å². The van der Waals surface area contributed by atoms with Gasteiger partial charge in [0.1, 0.15) is 0 Å². The summed E-state index contributed by atoms with van der Waals surface area (Å²) in [6.07, 6.45) is 1.92. The first-order valence-electron chi connectivity index (χ1n) is 9.68. The molecular formula is C22H26N2O3S. The summed E-state index contributed by atoms with van der Waals surface area (Å²) in [5, 5.41) is 0. The van der Waals surface area contributed by atoms with Gasteiger partial charge in [0.2, 0.25) is 15.9 Å². The van der Waals surface area contributed by atoms with Crippen molar-refractivity contribution in [3.8, 4) is 0 Å². The molecule has 5 nitrogen and oxygen atoms in total. The molecule has 6 heteroatoms. The van der Waals surface area contributed by atoms with Gasteiger partial charge in [-0.15, -0.1) is 0 Å². The smallest absolute Gasteiger partial charge is 0.240 e. The van der Waals surface area contributed by atoms with Crippen LogP contribution in [0.5, 0.6) is 0 Å². The van der Waals surface area contributed by atoms with Gasteiger partial charge in [-0.1, -0.05) is 43.7 Å².